The van der Waals surface area contributed by atoms with E-state index in [0.29, 0.717) is 16.9 Å². The molecule has 1 fully saturated rings. The minimum atomic E-state index is 0.0453. The SMILES string of the molecule is CCCCN(C(=O)c1csc(N)n1)C1CC1. The number of nitrogens with two attached hydrogens (primary N) is 1. The predicted octanol–water partition coefficient (Wildman–Crippen LogP) is 2.13. The molecule has 2 N–H and O–H groups in total. The van der Waals surface area contributed by atoms with Gasteiger partial charge in [0.25, 0.3) is 5.91 Å². The van der Waals surface area contributed by atoms with Crippen molar-refractivity contribution in [2.75, 3.05) is 12.3 Å². The molecule has 0 saturated heterocycles. The van der Waals surface area contributed by atoms with Gasteiger partial charge in [-0.1, -0.05) is 13.3 Å². The van der Waals surface area contributed by atoms with Crippen LogP contribution < -0.4 is 5.73 Å². The van der Waals surface area contributed by atoms with E-state index in [1.807, 2.05) is 4.90 Å². The molecule has 0 atom stereocenters. The average molecular weight is 239 g/mol. The molecule has 0 aliphatic heterocycles. The molecule has 1 heterocycles. The molecule has 1 amide bonds. The van der Waals surface area contributed by atoms with Gasteiger partial charge in [-0.2, -0.15) is 0 Å². The molecule has 0 unspecified atom stereocenters. The molecule has 1 aromatic heterocycles. The number of carbonyl (C=O) groups excluding carboxylic acids is 1. The van der Waals surface area contributed by atoms with Crippen molar-refractivity contribution in [2.24, 2.45) is 0 Å². The first-order valence-corrected chi connectivity index (χ1v) is 6.62. The van der Waals surface area contributed by atoms with E-state index < -0.39 is 0 Å². The van der Waals surface area contributed by atoms with E-state index in [9.17, 15) is 4.79 Å². The number of nitrogens with zero attached hydrogens (tertiary/aromatic N) is 2. The van der Waals surface area contributed by atoms with Gasteiger partial charge in [-0.15, -0.1) is 11.3 Å². The molecule has 5 heteroatoms. The normalized spacial score (nSPS) is 15.1. The number of carbonyl (C=O) groups is 1. The Morgan fingerprint density at radius 3 is 2.94 bits per heavy atom. The van der Waals surface area contributed by atoms with E-state index >= 15 is 0 Å². The highest BCUT2D eigenvalue weighted by atomic mass is 32.1. The molecule has 0 radical (unpaired) electrons. The Labute approximate surface area is 99.5 Å². The first kappa shape index (κ1) is 11.4. The van der Waals surface area contributed by atoms with Gasteiger partial charge in [-0.25, -0.2) is 4.98 Å². The third-order valence-electron chi connectivity index (χ3n) is 2.74. The fourth-order valence-electron chi connectivity index (χ4n) is 1.70. The summed E-state index contributed by atoms with van der Waals surface area (Å²) in [5.41, 5.74) is 6.05. The number of rotatable bonds is 5. The summed E-state index contributed by atoms with van der Waals surface area (Å²) in [6, 6.07) is 0.446. The molecule has 0 bridgehead atoms. The zero-order chi connectivity index (χ0) is 11.5. The van der Waals surface area contributed by atoms with Crippen LogP contribution in [-0.2, 0) is 0 Å². The topological polar surface area (TPSA) is 59.2 Å². The van der Waals surface area contributed by atoms with E-state index in [4.69, 9.17) is 5.73 Å². The van der Waals surface area contributed by atoms with Crippen LogP contribution >= 0.6 is 11.3 Å². The van der Waals surface area contributed by atoms with E-state index in [1.165, 1.54) is 11.3 Å². The van der Waals surface area contributed by atoms with Crippen molar-refractivity contribution in [1.82, 2.24) is 9.88 Å². The minimum Gasteiger partial charge on any atom is -0.375 e. The summed E-state index contributed by atoms with van der Waals surface area (Å²) in [6.45, 7) is 2.98. The zero-order valence-corrected chi connectivity index (χ0v) is 10.3. The van der Waals surface area contributed by atoms with Crippen LogP contribution in [0.1, 0.15) is 43.1 Å². The molecule has 1 saturated carbocycles. The Balaban J connectivity index is 2.04. The number of unbranched alkanes of at least 4 members (excludes halogenated alkanes) is 1. The Bertz CT molecular complexity index is 373. The van der Waals surface area contributed by atoms with E-state index in [2.05, 4.69) is 11.9 Å². The minimum absolute atomic E-state index is 0.0453. The largest absolute Gasteiger partial charge is 0.375 e. The number of aromatic nitrogens is 1. The van der Waals surface area contributed by atoms with Gasteiger partial charge in [-0.3, -0.25) is 4.79 Å². The van der Waals surface area contributed by atoms with Crippen molar-refractivity contribution in [3.8, 4) is 0 Å². The van der Waals surface area contributed by atoms with Crippen molar-refractivity contribution in [1.29, 1.82) is 0 Å². The summed E-state index contributed by atoms with van der Waals surface area (Å²) >= 11 is 1.33. The molecule has 4 nitrogen and oxygen atoms in total. The number of nitrogen functional groups attached to an aromatic ring is 1. The first-order chi connectivity index (χ1) is 7.72. The van der Waals surface area contributed by atoms with Crippen molar-refractivity contribution in [3.63, 3.8) is 0 Å². The number of hydrogen-bond donors (Lipinski definition) is 1. The fourth-order valence-corrected chi connectivity index (χ4v) is 2.23. The zero-order valence-electron chi connectivity index (χ0n) is 9.48. The highest BCUT2D eigenvalue weighted by Crippen LogP contribution is 2.29. The lowest BCUT2D eigenvalue weighted by molar-refractivity contribution is 0.0735. The van der Waals surface area contributed by atoms with Crippen LogP contribution in [0.15, 0.2) is 5.38 Å². The predicted molar refractivity (Wildman–Crippen MR) is 65.5 cm³/mol. The lowest BCUT2D eigenvalue weighted by Crippen LogP contribution is -2.34. The van der Waals surface area contributed by atoms with Crippen LogP contribution in [0.5, 0.6) is 0 Å². The highest BCUT2D eigenvalue weighted by molar-refractivity contribution is 7.13. The lowest BCUT2D eigenvalue weighted by atomic mass is 10.3. The second-order valence-corrected chi connectivity index (χ2v) is 5.04. The van der Waals surface area contributed by atoms with Crippen LogP contribution in [0.2, 0.25) is 0 Å². The quantitative estimate of drug-likeness (QED) is 0.856. The number of thiazole rings is 1. The molecule has 1 aliphatic carbocycles. The van der Waals surface area contributed by atoms with Crippen molar-refractivity contribution in [2.45, 2.75) is 38.6 Å². The number of anilines is 1. The molecule has 2 rings (SSSR count). The maximum Gasteiger partial charge on any atom is 0.273 e. The van der Waals surface area contributed by atoms with Crippen molar-refractivity contribution < 1.29 is 4.79 Å². The summed E-state index contributed by atoms with van der Waals surface area (Å²) in [4.78, 5) is 18.2. The maximum atomic E-state index is 12.2. The molecular weight excluding hydrogens is 222 g/mol. The highest BCUT2D eigenvalue weighted by Gasteiger charge is 2.33. The van der Waals surface area contributed by atoms with Gasteiger partial charge in [0, 0.05) is 18.0 Å². The van der Waals surface area contributed by atoms with Crippen LogP contribution in [0.4, 0.5) is 5.13 Å². The average Bonchev–Trinajstić information content (AvgIpc) is 3.01. The summed E-state index contributed by atoms with van der Waals surface area (Å²) < 4.78 is 0. The molecule has 1 aromatic rings. The first-order valence-electron chi connectivity index (χ1n) is 5.74. The smallest absolute Gasteiger partial charge is 0.273 e. The summed E-state index contributed by atoms with van der Waals surface area (Å²) in [7, 11) is 0. The standard InChI is InChI=1S/C11H17N3OS/c1-2-3-6-14(8-4-5-8)10(15)9-7-16-11(12)13-9/h7-8H,2-6H2,1H3,(H2,12,13). The monoisotopic (exact) mass is 239 g/mol. The third kappa shape index (κ3) is 2.52. The molecular formula is C11H17N3OS. The van der Waals surface area contributed by atoms with Crippen LogP contribution in [0, 0.1) is 0 Å². The molecule has 0 spiro atoms. The van der Waals surface area contributed by atoms with Gasteiger partial charge in [0.05, 0.1) is 0 Å². The van der Waals surface area contributed by atoms with Gasteiger partial charge in [-0.05, 0) is 19.3 Å². The van der Waals surface area contributed by atoms with Crippen LogP contribution in [0.25, 0.3) is 0 Å². The lowest BCUT2D eigenvalue weighted by Gasteiger charge is -2.20. The van der Waals surface area contributed by atoms with Crippen molar-refractivity contribution in [3.05, 3.63) is 11.1 Å². The van der Waals surface area contributed by atoms with Gasteiger partial charge >= 0.3 is 0 Å². The van der Waals surface area contributed by atoms with E-state index in [0.717, 1.165) is 32.2 Å². The second kappa shape index (κ2) is 4.82. The Kier molecular flexibility index (Phi) is 3.43. The Hall–Kier alpha value is -1.10. The van der Waals surface area contributed by atoms with Gasteiger partial charge < -0.3 is 10.6 Å². The third-order valence-corrected chi connectivity index (χ3v) is 3.42. The van der Waals surface area contributed by atoms with Crippen LogP contribution in [-0.4, -0.2) is 28.4 Å². The molecule has 88 valence electrons. The van der Waals surface area contributed by atoms with Crippen molar-refractivity contribution >= 4 is 22.4 Å². The Morgan fingerprint density at radius 2 is 2.44 bits per heavy atom. The second-order valence-electron chi connectivity index (χ2n) is 4.15. The maximum absolute atomic E-state index is 12.2. The number of amides is 1. The molecule has 16 heavy (non-hydrogen) atoms. The number of hydrogen-bond acceptors (Lipinski definition) is 4. The summed E-state index contributed by atoms with van der Waals surface area (Å²) in [5.74, 6) is 0.0453. The summed E-state index contributed by atoms with van der Waals surface area (Å²) in [5, 5.41) is 2.22. The summed E-state index contributed by atoms with van der Waals surface area (Å²) in [6.07, 6.45) is 4.43. The molecule has 1 aliphatic rings. The van der Waals surface area contributed by atoms with Gasteiger partial charge in [0.2, 0.25) is 0 Å². The van der Waals surface area contributed by atoms with Gasteiger partial charge in [0.1, 0.15) is 5.69 Å². The molecule has 0 aromatic carbocycles. The van der Waals surface area contributed by atoms with Crippen LogP contribution in [0.3, 0.4) is 0 Å². The Morgan fingerprint density at radius 1 is 1.69 bits per heavy atom. The fraction of sp³-hybridized carbons (Fsp3) is 0.636. The van der Waals surface area contributed by atoms with Gasteiger partial charge in [0.15, 0.2) is 5.13 Å². The van der Waals surface area contributed by atoms with E-state index in [-0.39, 0.29) is 5.91 Å². The van der Waals surface area contributed by atoms with E-state index in [1.54, 1.807) is 5.38 Å².